The molecule has 4 aliphatic rings. The highest BCUT2D eigenvalue weighted by atomic mass is 16.7. The lowest BCUT2D eigenvalue weighted by Gasteiger charge is -2.47. The summed E-state index contributed by atoms with van der Waals surface area (Å²) in [7, 11) is 3.36. The third-order valence-corrected chi connectivity index (χ3v) is 12.6. The number of hydrogen-bond donors (Lipinski definition) is 6. The van der Waals surface area contributed by atoms with Gasteiger partial charge in [-0.15, -0.1) is 0 Å². The lowest BCUT2D eigenvalue weighted by molar-refractivity contribution is -0.327. The Hall–Kier alpha value is -5.66. The molecule has 1 aliphatic carbocycles. The van der Waals surface area contributed by atoms with Gasteiger partial charge in [-0.25, -0.2) is 0 Å². The van der Waals surface area contributed by atoms with Crippen LogP contribution in [-0.4, -0.2) is 106 Å². The van der Waals surface area contributed by atoms with Gasteiger partial charge >= 0.3 is 0 Å². The Labute approximate surface area is 352 Å². The minimum atomic E-state index is -2.43. The van der Waals surface area contributed by atoms with E-state index in [9.17, 15) is 30.0 Å². The molecule has 3 aliphatic heterocycles. The first-order chi connectivity index (χ1) is 29.6. The second-order valence-electron chi connectivity index (χ2n) is 16.4. The van der Waals surface area contributed by atoms with E-state index in [-0.39, 0.29) is 67.0 Å². The van der Waals surface area contributed by atoms with E-state index < -0.39 is 42.6 Å². The highest BCUT2D eigenvalue weighted by Crippen LogP contribution is 2.47. The third kappa shape index (κ3) is 7.35. The van der Waals surface area contributed by atoms with Crippen molar-refractivity contribution in [2.75, 3.05) is 33.9 Å². The molecule has 9 rings (SSSR count). The van der Waals surface area contributed by atoms with E-state index in [1.54, 1.807) is 18.2 Å². The number of nitrogens with zero attached hydrogens (tertiary/aromatic N) is 1. The number of phenols is 1. The molecule has 5 unspecified atom stereocenters. The van der Waals surface area contributed by atoms with Crippen LogP contribution in [0.25, 0.3) is 21.7 Å². The number of rotatable bonds is 9. The first-order valence-electron chi connectivity index (χ1n) is 20.7. The monoisotopic (exact) mass is 831 g/mol. The average Bonchev–Trinajstić information content (AvgIpc) is 4.02. The molecule has 0 radical (unpaired) electrons. The number of aliphatic hydroxyl groups is 3. The van der Waals surface area contributed by atoms with Gasteiger partial charge in [0, 0.05) is 53.8 Å². The van der Waals surface area contributed by atoms with Crippen LogP contribution in [0.4, 0.5) is 0 Å². The number of aromatic nitrogens is 1. The number of nitrogens with one attached hydrogen (secondary N) is 2. The average molecular weight is 832 g/mol. The summed E-state index contributed by atoms with van der Waals surface area (Å²) in [5.41, 5.74) is 3.16. The summed E-state index contributed by atoms with van der Waals surface area (Å²) in [6.45, 7) is -0.459. The summed E-state index contributed by atoms with van der Waals surface area (Å²) in [5, 5.41) is 52.1. The molecule has 14 heteroatoms. The van der Waals surface area contributed by atoms with Crippen molar-refractivity contribution in [1.82, 2.24) is 15.2 Å². The Morgan fingerprint density at radius 1 is 1.08 bits per heavy atom. The number of carbonyl (C=O) groups excluding carboxylic acids is 2. The van der Waals surface area contributed by atoms with Crippen LogP contribution >= 0.6 is 0 Å². The van der Waals surface area contributed by atoms with Gasteiger partial charge in [0.2, 0.25) is 6.29 Å². The zero-order valence-electron chi connectivity index (χ0n) is 34.0. The number of aliphatic hydroxyl groups excluding tert-OH is 2. The number of phenolic OH excluding ortho intramolecular Hbond substituents is 1. The number of fused-ring (bicyclic) bond motifs is 5. The highest BCUT2D eigenvalue weighted by molar-refractivity contribution is 6.11. The molecule has 4 aromatic carbocycles. The summed E-state index contributed by atoms with van der Waals surface area (Å²) in [6.07, 6.45) is 2.10. The van der Waals surface area contributed by atoms with Crippen molar-refractivity contribution in [2.24, 2.45) is 0 Å². The minimum Gasteiger partial charge on any atom is -0.506 e. The fourth-order valence-corrected chi connectivity index (χ4v) is 9.42. The normalized spacial score (nSPS) is 24.0. The predicted octanol–water partition coefficient (Wildman–Crippen LogP) is 4.56. The van der Waals surface area contributed by atoms with Crippen LogP contribution in [0.5, 0.6) is 17.2 Å². The van der Waals surface area contributed by atoms with E-state index in [1.165, 1.54) is 18.1 Å². The Balaban J connectivity index is 1.14. The molecule has 1 aromatic heterocycles. The van der Waals surface area contributed by atoms with Crippen molar-refractivity contribution in [2.45, 2.75) is 87.9 Å². The van der Waals surface area contributed by atoms with Gasteiger partial charge in [-0.3, -0.25) is 9.59 Å². The van der Waals surface area contributed by atoms with Crippen molar-refractivity contribution in [3.63, 3.8) is 0 Å². The maximum Gasteiger partial charge on any atom is 0.254 e. The second-order valence-corrected chi connectivity index (χ2v) is 16.4. The van der Waals surface area contributed by atoms with Gasteiger partial charge in [0.05, 0.1) is 44.4 Å². The van der Waals surface area contributed by atoms with Crippen LogP contribution in [0.3, 0.4) is 0 Å². The molecule has 6 N–H and O–H groups in total. The molecule has 5 atom stereocenters. The Kier molecular flexibility index (Phi) is 11.1. The SMILES string of the molecule is CNCc1ccc2[nH]cc(COCC3OC4Oc5cc(OC)cc6cc(C7CCCC7)c(c(O)c56)C(=O)CN5Cc6c(cccc6C5=O)CC#COC(C3O)C4(O)CO)c2c1. The van der Waals surface area contributed by atoms with E-state index in [2.05, 4.69) is 28.4 Å². The first-order valence-corrected chi connectivity index (χ1v) is 20.7. The van der Waals surface area contributed by atoms with Crippen molar-refractivity contribution in [3.8, 4) is 29.3 Å². The molecular weight excluding hydrogens is 783 g/mol. The van der Waals surface area contributed by atoms with Crippen LogP contribution in [0.15, 0.2) is 60.8 Å². The zero-order chi connectivity index (χ0) is 42.4. The van der Waals surface area contributed by atoms with E-state index >= 15 is 0 Å². The van der Waals surface area contributed by atoms with Crippen molar-refractivity contribution >= 4 is 33.4 Å². The van der Waals surface area contributed by atoms with E-state index in [1.807, 2.05) is 37.5 Å². The first kappa shape index (κ1) is 40.7. The molecule has 2 fully saturated rings. The number of methoxy groups -OCH3 is 1. The molecule has 4 heterocycles. The number of Topliss-reactive ketones (excluding diaryl/α,β-unsaturated/α-hetero) is 1. The fourth-order valence-electron chi connectivity index (χ4n) is 9.42. The molecule has 1 saturated heterocycles. The van der Waals surface area contributed by atoms with Gasteiger partial charge in [0.25, 0.3) is 5.91 Å². The van der Waals surface area contributed by atoms with Gasteiger partial charge < -0.3 is 59.3 Å². The number of benzene rings is 4. The van der Waals surface area contributed by atoms with Gasteiger partial charge in [0.1, 0.15) is 35.6 Å². The van der Waals surface area contributed by atoms with E-state index in [0.29, 0.717) is 28.8 Å². The Morgan fingerprint density at radius 3 is 2.70 bits per heavy atom. The molecule has 14 nitrogen and oxygen atoms in total. The van der Waals surface area contributed by atoms with E-state index in [0.717, 1.165) is 58.8 Å². The lowest BCUT2D eigenvalue weighted by atomic mass is 9.86. The highest BCUT2D eigenvalue weighted by Gasteiger charge is 2.58. The molecule has 6 bridgehead atoms. The Morgan fingerprint density at radius 2 is 1.92 bits per heavy atom. The van der Waals surface area contributed by atoms with E-state index in [4.69, 9.17) is 23.7 Å². The smallest absolute Gasteiger partial charge is 0.254 e. The molecule has 1 amide bonds. The summed E-state index contributed by atoms with van der Waals surface area (Å²) >= 11 is 0. The number of H-pyrrole nitrogens is 1. The standard InChI is InChI=1S/C47H49N3O11/c1-48-19-26-12-13-36-33(15-26)30(20-49-36)23-58-24-39-42(53)44-47(56,25-51)46(61-39)60-38-18-31(57-2)16-29-17-34(27-7-3-4-8-27)41(43(54)40(29)38)37(52)22-50-21-35-28(10-6-14-59-44)9-5-11-32(35)45(50)55/h5,9,11-13,15-18,20,27,39,42,44,46,48-49,51,53-54,56H,3-4,7-8,10,19,21-25H2,1-2H3. The van der Waals surface area contributed by atoms with Crippen molar-refractivity contribution in [3.05, 3.63) is 99.7 Å². The second kappa shape index (κ2) is 16.7. The summed E-state index contributed by atoms with van der Waals surface area (Å²) < 4.78 is 30.6. The number of carbonyl (C=O) groups is 2. The topological polar surface area (TPSA) is 192 Å². The van der Waals surface area contributed by atoms with Crippen LogP contribution in [-0.2, 0) is 40.3 Å². The molecule has 1 saturated carbocycles. The minimum absolute atomic E-state index is 0.0136. The molecule has 61 heavy (non-hydrogen) atoms. The zero-order valence-corrected chi connectivity index (χ0v) is 34.0. The van der Waals surface area contributed by atoms with Crippen LogP contribution in [0.1, 0.15) is 80.1 Å². The molecule has 5 aromatic rings. The summed E-state index contributed by atoms with van der Waals surface area (Å²) in [5.74, 6) is 2.14. The predicted molar refractivity (Wildman–Crippen MR) is 223 cm³/mol. The maximum absolute atomic E-state index is 14.6. The quantitative estimate of drug-likeness (QED) is 0.114. The van der Waals surface area contributed by atoms with Crippen LogP contribution in [0.2, 0.25) is 0 Å². The largest absolute Gasteiger partial charge is 0.506 e. The molecule has 0 spiro atoms. The number of hydrogen-bond acceptors (Lipinski definition) is 12. The van der Waals surface area contributed by atoms with Gasteiger partial charge in [0.15, 0.2) is 17.5 Å². The Bertz CT molecular complexity index is 2570. The van der Waals surface area contributed by atoms with Crippen molar-refractivity contribution < 1.29 is 53.7 Å². The van der Waals surface area contributed by atoms with Gasteiger partial charge in [-0.05, 0) is 83.8 Å². The van der Waals surface area contributed by atoms with Crippen LogP contribution < -0.4 is 14.8 Å². The van der Waals surface area contributed by atoms with Gasteiger partial charge in [-0.2, -0.15) is 0 Å². The number of aromatic hydroxyl groups is 1. The molecule has 318 valence electrons. The lowest BCUT2D eigenvalue weighted by Crippen LogP contribution is -2.70. The number of amides is 1. The molecular formula is C47H49N3O11. The maximum atomic E-state index is 14.6. The third-order valence-electron chi connectivity index (χ3n) is 12.6. The van der Waals surface area contributed by atoms with Crippen LogP contribution in [0, 0.1) is 12.0 Å². The summed E-state index contributed by atoms with van der Waals surface area (Å²) in [4.78, 5) is 33.1. The summed E-state index contributed by atoms with van der Waals surface area (Å²) in [6, 6.07) is 16.5. The number of ether oxygens (including phenoxy) is 5. The fraction of sp³-hybridized carbons (Fsp3) is 0.404. The number of ketones is 1. The van der Waals surface area contributed by atoms with Crippen molar-refractivity contribution in [1.29, 1.82) is 0 Å². The number of aromatic amines is 1. The van der Waals surface area contributed by atoms with Gasteiger partial charge in [-0.1, -0.05) is 37.0 Å².